The molecule has 6 nitrogen and oxygen atoms in total. The maximum Gasteiger partial charge on any atom is 0.254 e. The Balaban J connectivity index is 1.52. The van der Waals surface area contributed by atoms with E-state index in [-0.39, 0.29) is 11.8 Å². The summed E-state index contributed by atoms with van der Waals surface area (Å²) in [5.41, 5.74) is 1.84. The highest BCUT2D eigenvalue weighted by atomic mass is 16.5. The predicted molar refractivity (Wildman–Crippen MR) is 119 cm³/mol. The van der Waals surface area contributed by atoms with E-state index in [1.54, 1.807) is 29.4 Å². The predicted octanol–water partition coefficient (Wildman–Crippen LogP) is 3.71. The molecular formula is C25H31N3O3. The first-order valence-electron chi connectivity index (χ1n) is 11.4. The van der Waals surface area contributed by atoms with E-state index in [4.69, 9.17) is 4.74 Å². The number of piperidine rings is 1. The van der Waals surface area contributed by atoms with Gasteiger partial charge < -0.3 is 14.5 Å². The van der Waals surface area contributed by atoms with Crippen molar-refractivity contribution < 1.29 is 14.3 Å². The number of carbonyl (C=O) groups is 2. The lowest BCUT2D eigenvalue weighted by molar-refractivity contribution is -0.135. The number of fused-ring (bicyclic) bond motifs is 3. The molecule has 2 aromatic rings. The van der Waals surface area contributed by atoms with Gasteiger partial charge in [-0.3, -0.25) is 14.6 Å². The van der Waals surface area contributed by atoms with Gasteiger partial charge in [-0.05, 0) is 68.4 Å². The summed E-state index contributed by atoms with van der Waals surface area (Å²) in [6, 6.07) is 12.0. The second-order valence-corrected chi connectivity index (χ2v) is 8.40. The Kier molecular flexibility index (Phi) is 7.18. The minimum atomic E-state index is -0.0487. The molecule has 0 aliphatic carbocycles. The van der Waals surface area contributed by atoms with E-state index in [1.807, 2.05) is 12.1 Å². The molecule has 1 atom stereocenters. The number of ether oxygens (including phenoxy) is 1. The Morgan fingerprint density at radius 1 is 0.968 bits per heavy atom. The van der Waals surface area contributed by atoms with Crippen molar-refractivity contribution in [2.45, 2.75) is 51.0 Å². The van der Waals surface area contributed by atoms with E-state index >= 15 is 0 Å². The van der Waals surface area contributed by atoms with E-state index in [9.17, 15) is 9.59 Å². The lowest BCUT2D eigenvalue weighted by Gasteiger charge is -2.36. The van der Waals surface area contributed by atoms with Gasteiger partial charge in [-0.2, -0.15) is 0 Å². The van der Waals surface area contributed by atoms with Gasteiger partial charge >= 0.3 is 0 Å². The molecule has 4 rings (SSSR count). The first-order valence-corrected chi connectivity index (χ1v) is 11.4. The van der Waals surface area contributed by atoms with Gasteiger partial charge in [0.15, 0.2) is 0 Å². The molecule has 3 heterocycles. The largest absolute Gasteiger partial charge is 0.492 e. The highest BCUT2D eigenvalue weighted by Crippen LogP contribution is 2.24. The normalized spacial score (nSPS) is 20.8. The van der Waals surface area contributed by atoms with E-state index in [2.05, 4.69) is 22.0 Å². The van der Waals surface area contributed by atoms with Gasteiger partial charge in [0.1, 0.15) is 12.4 Å². The van der Waals surface area contributed by atoms with Crippen molar-refractivity contribution in [3.8, 4) is 5.75 Å². The minimum Gasteiger partial charge on any atom is -0.492 e. The molecule has 2 amide bonds. The van der Waals surface area contributed by atoms with Gasteiger partial charge in [-0.25, -0.2) is 0 Å². The van der Waals surface area contributed by atoms with Crippen molar-refractivity contribution in [2.24, 2.45) is 0 Å². The molecule has 1 aromatic carbocycles. The zero-order valence-corrected chi connectivity index (χ0v) is 18.0. The van der Waals surface area contributed by atoms with E-state index in [0.717, 1.165) is 38.0 Å². The topological polar surface area (TPSA) is 62.7 Å². The molecule has 6 heteroatoms. The maximum atomic E-state index is 13.0. The van der Waals surface area contributed by atoms with Gasteiger partial charge in [0.05, 0.1) is 6.54 Å². The first-order chi connectivity index (χ1) is 15.2. The second kappa shape index (κ2) is 10.4. The molecule has 31 heavy (non-hydrogen) atoms. The highest BCUT2D eigenvalue weighted by molar-refractivity contribution is 5.94. The number of aromatic nitrogens is 1. The van der Waals surface area contributed by atoms with Crippen LogP contribution in [0.2, 0.25) is 0 Å². The van der Waals surface area contributed by atoms with Crippen LogP contribution in [0, 0.1) is 0 Å². The van der Waals surface area contributed by atoms with Crippen LogP contribution < -0.4 is 4.74 Å². The fourth-order valence-electron chi connectivity index (χ4n) is 4.58. The third-order valence-corrected chi connectivity index (χ3v) is 6.28. The van der Waals surface area contributed by atoms with Gasteiger partial charge in [0.2, 0.25) is 5.91 Å². The number of carbonyl (C=O) groups excluding carboxylic acids is 2. The third kappa shape index (κ3) is 5.63. The number of rotatable bonds is 1. The van der Waals surface area contributed by atoms with E-state index in [1.165, 1.54) is 12.0 Å². The number of pyridine rings is 1. The molecule has 2 bridgehead atoms. The van der Waals surface area contributed by atoms with Gasteiger partial charge in [-0.1, -0.05) is 12.1 Å². The van der Waals surface area contributed by atoms with Crippen molar-refractivity contribution in [2.75, 3.05) is 26.2 Å². The Bertz CT molecular complexity index is 887. The monoisotopic (exact) mass is 421 g/mol. The van der Waals surface area contributed by atoms with Gasteiger partial charge in [0, 0.05) is 43.5 Å². The van der Waals surface area contributed by atoms with Crippen LogP contribution in [0.3, 0.4) is 0 Å². The van der Waals surface area contributed by atoms with Crippen molar-refractivity contribution >= 4 is 11.8 Å². The average Bonchev–Trinajstić information content (AvgIpc) is 2.82. The van der Waals surface area contributed by atoms with E-state index in [0.29, 0.717) is 44.1 Å². The van der Waals surface area contributed by atoms with Crippen LogP contribution >= 0.6 is 0 Å². The SMILES string of the molecule is O=C(c1ccncc1)N1CCCC(=O)N2CCCCC2CCc2cccc(c2)OCC1. The molecule has 1 unspecified atom stereocenters. The minimum absolute atomic E-state index is 0.0487. The summed E-state index contributed by atoms with van der Waals surface area (Å²) >= 11 is 0. The maximum absolute atomic E-state index is 13.0. The first kappa shape index (κ1) is 21.3. The molecule has 2 aliphatic rings. The number of benzene rings is 1. The summed E-state index contributed by atoms with van der Waals surface area (Å²) in [5, 5.41) is 0. The van der Waals surface area contributed by atoms with Crippen LogP contribution in [0.1, 0.15) is 54.4 Å². The van der Waals surface area contributed by atoms with Crippen molar-refractivity contribution in [3.05, 3.63) is 59.9 Å². The molecule has 1 fully saturated rings. The molecule has 0 N–H and O–H groups in total. The quantitative estimate of drug-likeness (QED) is 0.704. The summed E-state index contributed by atoms with van der Waals surface area (Å²) in [7, 11) is 0. The number of hydrogen-bond acceptors (Lipinski definition) is 4. The standard InChI is InChI=1S/C25H31N3O3/c29-24-8-4-15-27(25(30)21-11-13-26-14-12-21)17-18-31-23-7-3-5-20(19-23)9-10-22-6-1-2-16-28(22)24/h3,5,7,11-14,19,22H,1-2,4,6,8-10,15-18H2. The lowest BCUT2D eigenvalue weighted by Crippen LogP contribution is -2.44. The second-order valence-electron chi connectivity index (χ2n) is 8.40. The van der Waals surface area contributed by atoms with Gasteiger partial charge in [-0.15, -0.1) is 0 Å². The molecule has 164 valence electrons. The smallest absolute Gasteiger partial charge is 0.254 e. The Morgan fingerprint density at radius 3 is 2.71 bits per heavy atom. The number of amides is 2. The van der Waals surface area contributed by atoms with Crippen LogP contribution in [0.4, 0.5) is 0 Å². The Hall–Kier alpha value is -2.89. The zero-order chi connectivity index (χ0) is 21.5. The fourth-order valence-corrected chi connectivity index (χ4v) is 4.58. The number of aryl methyl sites for hydroxylation is 1. The summed E-state index contributed by atoms with van der Waals surface area (Å²) in [5.74, 6) is 1.01. The number of hydrogen-bond donors (Lipinski definition) is 0. The van der Waals surface area contributed by atoms with Crippen molar-refractivity contribution in [3.63, 3.8) is 0 Å². The van der Waals surface area contributed by atoms with Crippen LogP contribution in [0.5, 0.6) is 5.75 Å². The summed E-state index contributed by atoms with van der Waals surface area (Å²) in [6.07, 6.45) is 9.67. The van der Waals surface area contributed by atoms with Crippen LogP contribution in [-0.4, -0.2) is 58.9 Å². The molecule has 1 aromatic heterocycles. The summed E-state index contributed by atoms with van der Waals surface area (Å²) in [6.45, 7) is 2.29. The third-order valence-electron chi connectivity index (χ3n) is 6.28. The van der Waals surface area contributed by atoms with Crippen molar-refractivity contribution in [1.82, 2.24) is 14.8 Å². The summed E-state index contributed by atoms with van der Waals surface area (Å²) in [4.78, 5) is 33.9. The molecule has 0 spiro atoms. The van der Waals surface area contributed by atoms with Crippen LogP contribution in [-0.2, 0) is 11.2 Å². The fraction of sp³-hybridized carbons (Fsp3) is 0.480. The molecule has 0 radical (unpaired) electrons. The Labute approximate surface area is 184 Å². The molecular weight excluding hydrogens is 390 g/mol. The van der Waals surface area contributed by atoms with Crippen LogP contribution in [0.15, 0.2) is 48.8 Å². The Morgan fingerprint density at radius 2 is 1.84 bits per heavy atom. The van der Waals surface area contributed by atoms with Crippen LogP contribution in [0.25, 0.3) is 0 Å². The molecule has 1 saturated heterocycles. The zero-order valence-electron chi connectivity index (χ0n) is 18.0. The summed E-state index contributed by atoms with van der Waals surface area (Å²) < 4.78 is 5.98. The van der Waals surface area contributed by atoms with Gasteiger partial charge in [0.25, 0.3) is 5.91 Å². The highest BCUT2D eigenvalue weighted by Gasteiger charge is 2.26. The van der Waals surface area contributed by atoms with E-state index < -0.39 is 0 Å². The lowest BCUT2D eigenvalue weighted by atomic mass is 9.95. The molecule has 0 saturated carbocycles. The van der Waals surface area contributed by atoms with Crippen molar-refractivity contribution in [1.29, 1.82) is 0 Å². The number of nitrogens with zero attached hydrogens (tertiary/aromatic N) is 3. The molecule has 2 aliphatic heterocycles. The average molecular weight is 422 g/mol.